The average molecular weight is 413 g/mol. The summed E-state index contributed by atoms with van der Waals surface area (Å²) in [5.41, 5.74) is 2.60. The van der Waals surface area contributed by atoms with Crippen LogP contribution in [0.15, 0.2) is 42.5 Å². The molecule has 1 aliphatic rings. The topological polar surface area (TPSA) is 34.2 Å². The van der Waals surface area contributed by atoms with Gasteiger partial charge in [0, 0.05) is 19.6 Å². The lowest BCUT2D eigenvalue weighted by Gasteiger charge is -2.33. The molecule has 0 aromatic heterocycles. The molecular weight excluding hydrogens is 376 g/mol. The highest BCUT2D eigenvalue weighted by atomic mass is 16.5. The molecule has 0 unspecified atom stereocenters. The van der Waals surface area contributed by atoms with E-state index in [1.807, 2.05) is 18.2 Å². The first-order valence-electron chi connectivity index (χ1n) is 10.9. The fourth-order valence-corrected chi connectivity index (χ4v) is 4.16. The van der Waals surface area contributed by atoms with E-state index < -0.39 is 0 Å². The van der Waals surface area contributed by atoms with Gasteiger partial charge in [-0.3, -0.25) is 4.90 Å². The fraction of sp³-hybridized carbons (Fsp3) is 0.520. The van der Waals surface area contributed by atoms with Crippen molar-refractivity contribution >= 4 is 0 Å². The van der Waals surface area contributed by atoms with Crippen LogP contribution in [0.25, 0.3) is 0 Å². The lowest BCUT2D eigenvalue weighted by molar-refractivity contribution is 0.157. The summed E-state index contributed by atoms with van der Waals surface area (Å²) in [4.78, 5) is 5.04. The number of ether oxygens (including phenoxy) is 3. The lowest BCUT2D eigenvalue weighted by Crippen LogP contribution is -2.37. The highest BCUT2D eigenvalue weighted by Gasteiger charge is 2.20. The van der Waals surface area contributed by atoms with Crippen LogP contribution in [0.3, 0.4) is 0 Å². The fourth-order valence-electron chi connectivity index (χ4n) is 4.16. The third kappa shape index (κ3) is 6.38. The first-order valence-corrected chi connectivity index (χ1v) is 10.9. The number of methoxy groups -OCH3 is 3. The third-order valence-corrected chi connectivity index (χ3v) is 6.08. The number of likely N-dealkylation sites (tertiary alicyclic amines) is 1. The second-order valence-corrected chi connectivity index (χ2v) is 8.27. The van der Waals surface area contributed by atoms with Gasteiger partial charge in [0.1, 0.15) is 5.75 Å². The molecule has 0 radical (unpaired) electrons. The summed E-state index contributed by atoms with van der Waals surface area (Å²) in [6, 6.07) is 14.7. The summed E-state index contributed by atoms with van der Waals surface area (Å²) < 4.78 is 16.2. The van der Waals surface area contributed by atoms with Crippen molar-refractivity contribution in [1.29, 1.82) is 0 Å². The summed E-state index contributed by atoms with van der Waals surface area (Å²) in [6.07, 6.45) is 3.59. The Morgan fingerprint density at radius 2 is 1.53 bits per heavy atom. The van der Waals surface area contributed by atoms with Crippen LogP contribution >= 0.6 is 0 Å². The first kappa shape index (κ1) is 22.4. The molecule has 1 heterocycles. The first-order chi connectivity index (χ1) is 14.6. The second-order valence-electron chi connectivity index (χ2n) is 8.27. The molecule has 164 valence electrons. The molecule has 0 saturated carbocycles. The van der Waals surface area contributed by atoms with E-state index in [4.69, 9.17) is 14.2 Å². The minimum Gasteiger partial charge on any atom is -0.497 e. The van der Waals surface area contributed by atoms with E-state index in [-0.39, 0.29) is 0 Å². The van der Waals surface area contributed by atoms with Gasteiger partial charge < -0.3 is 19.1 Å². The van der Waals surface area contributed by atoms with Crippen LogP contribution in [0.4, 0.5) is 0 Å². The molecule has 5 nitrogen and oxygen atoms in total. The Labute approximate surface area is 181 Å². The molecule has 5 heteroatoms. The Balaban J connectivity index is 1.67. The predicted octanol–water partition coefficient (Wildman–Crippen LogP) is 4.10. The third-order valence-electron chi connectivity index (χ3n) is 6.08. The predicted molar refractivity (Wildman–Crippen MR) is 122 cm³/mol. The van der Waals surface area contributed by atoms with Crippen molar-refractivity contribution in [1.82, 2.24) is 9.80 Å². The zero-order chi connectivity index (χ0) is 21.3. The summed E-state index contributed by atoms with van der Waals surface area (Å²) in [7, 11) is 7.31. The number of rotatable bonds is 10. The van der Waals surface area contributed by atoms with E-state index >= 15 is 0 Å². The van der Waals surface area contributed by atoms with Crippen molar-refractivity contribution in [2.24, 2.45) is 5.92 Å². The maximum Gasteiger partial charge on any atom is 0.161 e. The smallest absolute Gasteiger partial charge is 0.161 e. The van der Waals surface area contributed by atoms with Gasteiger partial charge in [0.05, 0.1) is 21.3 Å². The molecule has 30 heavy (non-hydrogen) atoms. The van der Waals surface area contributed by atoms with Crippen molar-refractivity contribution in [2.45, 2.75) is 25.8 Å². The van der Waals surface area contributed by atoms with Gasteiger partial charge in [-0.25, -0.2) is 0 Å². The van der Waals surface area contributed by atoms with E-state index in [1.165, 1.54) is 37.1 Å². The van der Waals surface area contributed by atoms with Gasteiger partial charge in [0.2, 0.25) is 0 Å². The normalized spacial score (nSPS) is 15.4. The molecule has 1 fully saturated rings. The number of hydrogen-bond donors (Lipinski definition) is 0. The van der Waals surface area contributed by atoms with Crippen molar-refractivity contribution in [2.75, 3.05) is 54.6 Å². The quantitative estimate of drug-likeness (QED) is 0.587. The van der Waals surface area contributed by atoms with Crippen LogP contribution in [0.1, 0.15) is 24.0 Å². The molecule has 0 N–H and O–H groups in total. The van der Waals surface area contributed by atoms with Crippen LogP contribution in [0.5, 0.6) is 17.2 Å². The standard InChI is InChI=1S/C25H36N2O3/c1-26-14-11-21(12-15-26)18-27(16-13-20-5-8-23(28-2)9-6-20)19-22-7-10-24(29-3)25(17-22)30-4/h5-10,17,21H,11-16,18-19H2,1-4H3. The number of nitrogens with zero attached hydrogens (tertiary/aromatic N) is 2. The van der Waals surface area contributed by atoms with Gasteiger partial charge in [-0.1, -0.05) is 18.2 Å². The van der Waals surface area contributed by atoms with E-state index in [9.17, 15) is 0 Å². The lowest BCUT2D eigenvalue weighted by atomic mass is 9.96. The summed E-state index contributed by atoms with van der Waals surface area (Å²) in [5.74, 6) is 3.25. The molecular formula is C25H36N2O3. The van der Waals surface area contributed by atoms with Gasteiger partial charge >= 0.3 is 0 Å². The Kier molecular flexibility index (Phi) is 8.40. The SMILES string of the molecule is COc1ccc(CCN(Cc2ccc(OC)c(OC)c2)CC2CCN(C)CC2)cc1. The molecule has 2 aromatic rings. The molecule has 0 spiro atoms. The van der Waals surface area contributed by atoms with Crippen molar-refractivity contribution in [3.63, 3.8) is 0 Å². The number of piperidine rings is 1. The molecule has 1 saturated heterocycles. The van der Waals surface area contributed by atoms with E-state index in [0.29, 0.717) is 0 Å². The largest absolute Gasteiger partial charge is 0.497 e. The molecule has 0 bridgehead atoms. The van der Waals surface area contributed by atoms with Crippen LogP contribution in [0, 0.1) is 5.92 Å². The van der Waals surface area contributed by atoms with E-state index in [1.54, 1.807) is 21.3 Å². The maximum atomic E-state index is 5.51. The minimum absolute atomic E-state index is 0.761. The van der Waals surface area contributed by atoms with Gasteiger partial charge in [-0.05, 0) is 80.7 Å². The molecule has 3 rings (SSSR count). The zero-order valence-corrected chi connectivity index (χ0v) is 18.9. The highest BCUT2D eigenvalue weighted by molar-refractivity contribution is 5.42. The van der Waals surface area contributed by atoms with Crippen molar-refractivity contribution in [3.8, 4) is 17.2 Å². The number of benzene rings is 2. The summed E-state index contributed by atoms with van der Waals surface area (Å²) >= 11 is 0. The van der Waals surface area contributed by atoms with Gasteiger partial charge in [0.25, 0.3) is 0 Å². The zero-order valence-electron chi connectivity index (χ0n) is 18.9. The summed E-state index contributed by atoms with van der Waals surface area (Å²) in [6.45, 7) is 5.49. The molecule has 0 amide bonds. The second kappa shape index (κ2) is 11.2. The van der Waals surface area contributed by atoms with Crippen molar-refractivity contribution in [3.05, 3.63) is 53.6 Å². The van der Waals surface area contributed by atoms with Gasteiger partial charge in [-0.2, -0.15) is 0 Å². The Morgan fingerprint density at radius 1 is 0.867 bits per heavy atom. The monoisotopic (exact) mass is 412 g/mol. The van der Waals surface area contributed by atoms with E-state index in [0.717, 1.165) is 49.2 Å². The van der Waals surface area contributed by atoms with Crippen LogP contribution in [-0.2, 0) is 13.0 Å². The van der Waals surface area contributed by atoms with Gasteiger partial charge in [-0.15, -0.1) is 0 Å². The van der Waals surface area contributed by atoms with E-state index in [2.05, 4.69) is 41.1 Å². The molecule has 0 aliphatic carbocycles. The summed E-state index contributed by atoms with van der Waals surface area (Å²) in [5, 5.41) is 0. The van der Waals surface area contributed by atoms with Crippen LogP contribution in [0.2, 0.25) is 0 Å². The van der Waals surface area contributed by atoms with Crippen molar-refractivity contribution < 1.29 is 14.2 Å². The Hall–Kier alpha value is -2.24. The molecule has 1 aliphatic heterocycles. The molecule has 2 aromatic carbocycles. The molecule has 0 atom stereocenters. The highest BCUT2D eigenvalue weighted by Crippen LogP contribution is 2.28. The maximum absolute atomic E-state index is 5.51. The number of hydrogen-bond acceptors (Lipinski definition) is 5. The van der Waals surface area contributed by atoms with Crippen LogP contribution in [-0.4, -0.2) is 64.4 Å². The van der Waals surface area contributed by atoms with Gasteiger partial charge in [0.15, 0.2) is 11.5 Å². The minimum atomic E-state index is 0.761. The average Bonchev–Trinajstić information content (AvgIpc) is 2.79. The van der Waals surface area contributed by atoms with Crippen LogP contribution < -0.4 is 14.2 Å². The Morgan fingerprint density at radius 3 is 2.17 bits per heavy atom. The Bertz CT molecular complexity index is 770.